The molecule has 102 valence electrons. The average Bonchev–Trinajstić information content (AvgIpc) is 2.36. The highest BCUT2D eigenvalue weighted by molar-refractivity contribution is 5.51. The second kappa shape index (κ2) is 5.75. The van der Waals surface area contributed by atoms with Crippen molar-refractivity contribution in [1.29, 1.82) is 5.26 Å². The maximum Gasteiger partial charge on any atom is 0.140 e. The lowest BCUT2D eigenvalue weighted by molar-refractivity contribution is 0.628. The van der Waals surface area contributed by atoms with Crippen molar-refractivity contribution in [2.24, 2.45) is 0 Å². The number of aryl methyl sites for hydroxylation is 3. The van der Waals surface area contributed by atoms with E-state index in [-0.39, 0.29) is 5.82 Å². The monoisotopic (exact) mass is 268 g/mol. The minimum Gasteiger partial charge on any atom is -0.366 e. The van der Waals surface area contributed by atoms with Crippen LogP contribution >= 0.6 is 0 Å². The largest absolute Gasteiger partial charge is 0.366 e. The molecule has 0 saturated heterocycles. The van der Waals surface area contributed by atoms with Gasteiger partial charge in [0.05, 0.1) is 6.07 Å². The van der Waals surface area contributed by atoms with Crippen LogP contribution in [0.25, 0.3) is 0 Å². The highest BCUT2D eigenvalue weighted by Crippen LogP contribution is 2.26. The zero-order valence-electron chi connectivity index (χ0n) is 11.9. The predicted molar refractivity (Wildman–Crippen MR) is 79.0 cm³/mol. The lowest BCUT2D eigenvalue weighted by Crippen LogP contribution is -2.12. The maximum absolute atomic E-state index is 13.2. The van der Waals surface area contributed by atoms with Crippen LogP contribution in [0.5, 0.6) is 0 Å². The second-order valence-corrected chi connectivity index (χ2v) is 5.03. The quantitative estimate of drug-likeness (QED) is 0.894. The molecule has 1 atom stereocenters. The van der Waals surface area contributed by atoms with Gasteiger partial charge in [0.15, 0.2) is 0 Å². The Balaban J connectivity index is 2.37. The molecule has 0 aliphatic rings. The molecule has 0 heterocycles. The Bertz CT molecular complexity index is 648. The van der Waals surface area contributed by atoms with E-state index in [1.165, 1.54) is 17.7 Å². The number of nitriles is 1. The molecule has 2 nitrogen and oxygen atoms in total. The van der Waals surface area contributed by atoms with Crippen LogP contribution < -0.4 is 5.32 Å². The first kappa shape index (κ1) is 14.1. The Morgan fingerprint density at radius 1 is 1.10 bits per heavy atom. The number of rotatable bonds is 3. The van der Waals surface area contributed by atoms with E-state index >= 15 is 0 Å². The van der Waals surface area contributed by atoms with E-state index in [0.717, 1.165) is 16.7 Å². The predicted octanol–water partition coefficient (Wildman–Crippen LogP) is 4.43. The summed E-state index contributed by atoms with van der Waals surface area (Å²) in [4.78, 5) is 0. The van der Waals surface area contributed by atoms with Gasteiger partial charge in [-0.25, -0.2) is 4.39 Å². The normalized spacial score (nSPS) is 11.8. The standard InChI is InChI=1S/C17H17FN2/c1-11-7-12(2)17(13(3)8-11)16(10-19)20-15-6-4-5-14(18)9-15/h4-9,16,20H,1-3H3. The third kappa shape index (κ3) is 2.97. The Morgan fingerprint density at radius 2 is 1.75 bits per heavy atom. The second-order valence-electron chi connectivity index (χ2n) is 5.03. The fourth-order valence-electron chi connectivity index (χ4n) is 2.56. The average molecular weight is 268 g/mol. The zero-order valence-corrected chi connectivity index (χ0v) is 11.9. The van der Waals surface area contributed by atoms with Crippen molar-refractivity contribution in [2.75, 3.05) is 5.32 Å². The maximum atomic E-state index is 13.2. The lowest BCUT2D eigenvalue weighted by atomic mass is 9.94. The third-order valence-electron chi connectivity index (χ3n) is 3.29. The van der Waals surface area contributed by atoms with Crippen LogP contribution in [0.4, 0.5) is 10.1 Å². The summed E-state index contributed by atoms with van der Waals surface area (Å²) in [5.41, 5.74) is 4.88. The topological polar surface area (TPSA) is 35.8 Å². The van der Waals surface area contributed by atoms with Gasteiger partial charge in [-0.15, -0.1) is 0 Å². The van der Waals surface area contributed by atoms with Crippen LogP contribution in [-0.2, 0) is 0 Å². The highest BCUT2D eigenvalue weighted by Gasteiger charge is 2.16. The molecule has 0 spiro atoms. The molecule has 0 aromatic heterocycles. The highest BCUT2D eigenvalue weighted by atomic mass is 19.1. The molecule has 2 aromatic carbocycles. The molecule has 0 bridgehead atoms. The summed E-state index contributed by atoms with van der Waals surface area (Å²) in [6, 6.07) is 12.0. The molecular weight excluding hydrogens is 251 g/mol. The summed E-state index contributed by atoms with van der Waals surface area (Å²) in [5.74, 6) is -0.316. The molecule has 1 N–H and O–H groups in total. The smallest absolute Gasteiger partial charge is 0.140 e. The van der Waals surface area contributed by atoms with Crippen LogP contribution in [0, 0.1) is 37.9 Å². The summed E-state index contributed by atoms with van der Waals surface area (Å²) in [6.45, 7) is 6.02. The molecular formula is C17H17FN2. The van der Waals surface area contributed by atoms with Gasteiger partial charge < -0.3 is 5.32 Å². The SMILES string of the molecule is Cc1cc(C)c(C(C#N)Nc2cccc(F)c2)c(C)c1. The minimum absolute atomic E-state index is 0.316. The number of hydrogen-bond donors (Lipinski definition) is 1. The van der Waals surface area contributed by atoms with E-state index in [2.05, 4.69) is 23.5 Å². The van der Waals surface area contributed by atoms with Gasteiger partial charge in [0.25, 0.3) is 0 Å². The number of benzene rings is 2. The van der Waals surface area contributed by atoms with E-state index in [0.29, 0.717) is 5.69 Å². The minimum atomic E-state index is -0.489. The first-order chi connectivity index (χ1) is 9.51. The fraction of sp³-hybridized carbons (Fsp3) is 0.235. The van der Waals surface area contributed by atoms with Gasteiger partial charge >= 0.3 is 0 Å². The molecule has 0 saturated carbocycles. The molecule has 2 rings (SSSR count). The van der Waals surface area contributed by atoms with Gasteiger partial charge in [-0.05, 0) is 55.7 Å². The molecule has 2 aromatic rings. The van der Waals surface area contributed by atoms with Gasteiger partial charge in [-0.2, -0.15) is 5.26 Å². The molecule has 3 heteroatoms. The van der Waals surface area contributed by atoms with Crippen molar-refractivity contribution in [3.05, 3.63) is 64.5 Å². The van der Waals surface area contributed by atoms with Crippen molar-refractivity contribution in [3.8, 4) is 6.07 Å². The number of hydrogen-bond acceptors (Lipinski definition) is 2. The van der Waals surface area contributed by atoms with E-state index in [4.69, 9.17) is 0 Å². The Kier molecular flexibility index (Phi) is 4.05. The van der Waals surface area contributed by atoms with Crippen LogP contribution in [0.2, 0.25) is 0 Å². The van der Waals surface area contributed by atoms with E-state index in [1.807, 2.05) is 20.8 Å². The van der Waals surface area contributed by atoms with Crippen molar-refractivity contribution < 1.29 is 4.39 Å². The van der Waals surface area contributed by atoms with Crippen LogP contribution in [0.15, 0.2) is 36.4 Å². The van der Waals surface area contributed by atoms with Gasteiger partial charge in [0.2, 0.25) is 0 Å². The summed E-state index contributed by atoms with van der Waals surface area (Å²) in [7, 11) is 0. The molecule has 0 amide bonds. The van der Waals surface area contributed by atoms with E-state index in [9.17, 15) is 9.65 Å². The number of halogens is 1. The van der Waals surface area contributed by atoms with Gasteiger partial charge in [0.1, 0.15) is 11.9 Å². The first-order valence-corrected chi connectivity index (χ1v) is 6.50. The third-order valence-corrected chi connectivity index (χ3v) is 3.29. The van der Waals surface area contributed by atoms with Crippen LogP contribution in [0.3, 0.4) is 0 Å². The summed E-state index contributed by atoms with van der Waals surface area (Å²) >= 11 is 0. The van der Waals surface area contributed by atoms with Crippen molar-refractivity contribution in [1.82, 2.24) is 0 Å². The lowest BCUT2D eigenvalue weighted by Gasteiger charge is -2.18. The summed E-state index contributed by atoms with van der Waals surface area (Å²) < 4.78 is 13.2. The van der Waals surface area contributed by atoms with Crippen molar-refractivity contribution in [2.45, 2.75) is 26.8 Å². The number of anilines is 1. The summed E-state index contributed by atoms with van der Waals surface area (Å²) in [6.07, 6.45) is 0. The Labute approximate surface area is 118 Å². The zero-order chi connectivity index (χ0) is 14.7. The van der Waals surface area contributed by atoms with Gasteiger partial charge in [-0.1, -0.05) is 23.8 Å². The van der Waals surface area contributed by atoms with Crippen LogP contribution in [0.1, 0.15) is 28.3 Å². The van der Waals surface area contributed by atoms with Gasteiger partial charge in [-0.3, -0.25) is 0 Å². The Hall–Kier alpha value is -2.34. The molecule has 1 unspecified atom stereocenters. The molecule has 0 aliphatic carbocycles. The Morgan fingerprint density at radius 3 is 2.30 bits per heavy atom. The van der Waals surface area contributed by atoms with Gasteiger partial charge in [0, 0.05) is 5.69 Å². The number of nitrogens with zero attached hydrogens (tertiary/aromatic N) is 1. The molecule has 0 aliphatic heterocycles. The molecule has 20 heavy (non-hydrogen) atoms. The fourth-order valence-corrected chi connectivity index (χ4v) is 2.56. The molecule has 0 fully saturated rings. The van der Waals surface area contributed by atoms with Crippen LogP contribution in [-0.4, -0.2) is 0 Å². The van der Waals surface area contributed by atoms with Crippen molar-refractivity contribution in [3.63, 3.8) is 0 Å². The number of nitrogens with one attached hydrogen (secondary N) is 1. The summed E-state index contributed by atoms with van der Waals surface area (Å²) in [5, 5.41) is 12.5. The van der Waals surface area contributed by atoms with E-state index < -0.39 is 6.04 Å². The molecule has 0 radical (unpaired) electrons. The van der Waals surface area contributed by atoms with E-state index in [1.54, 1.807) is 12.1 Å². The van der Waals surface area contributed by atoms with Crippen molar-refractivity contribution >= 4 is 5.69 Å². The first-order valence-electron chi connectivity index (χ1n) is 6.50.